The summed E-state index contributed by atoms with van der Waals surface area (Å²) in [6, 6.07) is 11.1. The number of carbonyl (C=O) groups is 1. The number of amides is 1. The van der Waals surface area contributed by atoms with Gasteiger partial charge in [-0.05, 0) is 52.0 Å². The standard InChI is InChI=1S/C23H31N7O2/c1-5-29(14-17(3)30(6-2)22-11-10-19(12-24)13-26-22)23(31)15-32-18(4)20-8-7-9-21(28-20)27-16-25/h7-11,13,16-18H,5-6,14-15H2,1-4H3,(H2,25,27,28). The largest absolute Gasteiger partial charge is 0.390 e. The maximum absolute atomic E-state index is 12.8. The van der Waals surface area contributed by atoms with Crippen molar-refractivity contribution in [3.63, 3.8) is 0 Å². The highest BCUT2D eigenvalue weighted by atomic mass is 16.5. The van der Waals surface area contributed by atoms with E-state index in [4.69, 9.17) is 15.7 Å². The molecular formula is C23H31N7O2. The quantitative estimate of drug-likeness (QED) is 0.424. The summed E-state index contributed by atoms with van der Waals surface area (Å²) in [6.07, 6.45) is 2.39. The lowest BCUT2D eigenvalue weighted by Gasteiger charge is -2.33. The van der Waals surface area contributed by atoms with Gasteiger partial charge >= 0.3 is 0 Å². The number of likely N-dealkylation sites (N-methyl/N-ethyl adjacent to an activating group) is 2. The fourth-order valence-corrected chi connectivity index (χ4v) is 3.33. The molecule has 0 spiro atoms. The average Bonchev–Trinajstić information content (AvgIpc) is 2.82. The van der Waals surface area contributed by atoms with Crippen LogP contribution >= 0.6 is 0 Å². The molecule has 9 nitrogen and oxygen atoms in total. The van der Waals surface area contributed by atoms with Gasteiger partial charge in [-0.25, -0.2) is 15.0 Å². The average molecular weight is 438 g/mol. The molecule has 2 aromatic rings. The van der Waals surface area contributed by atoms with Crippen LogP contribution in [0, 0.1) is 11.3 Å². The number of aromatic nitrogens is 2. The highest BCUT2D eigenvalue weighted by Gasteiger charge is 2.21. The number of ether oxygens (including phenoxy) is 1. The first-order valence-corrected chi connectivity index (χ1v) is 10.7. The number of aliphatic imine (C=N–C) groups is 1. The van der Waals surface area contributed by atoms with Crippen molar-refractivity contribution in [3.05, 3.63) is 47.8 Å². The summed E-state index contributed by atoms with van der Waals surface area (Å²) < 4.78 is 5.79. The molecule has 0 aromatic carbocycles. The number of hydrogen-bond donors (Lipinski definition) is 1. The molecule has 2 atom stereocenters. The minimum atomic E-state index is -0.363. The Bertz CT molecular complexity index is 940. The summed E-state index contributed by atoms with van der Waals surface area (Å²) in [5.74, 6) is 1.18. The fourth-order valence-electron chi connectivity index (χ4n) is 3.33. The third-order valence-electron chi connectivity index (χ3n) is 5.10. The molecule has 0 saturated heterocycles. The van der Waals surface area contributed by atoms with Gasteiger partial charge in [-0.2, -0.15) is 5.26 Å². The van der Waals surface area contributed by atoms with Crippen molar-refractivity contribution in [2.24, 2.45) is 10.7 Å². The maximum Gasteiger partial charge on any atom is 0.248 e. The van der Waals surface area contributed by atoms with Crippen molar-refractivity contribution >= 4 is 23.9 Å². The molecule has 2 N–H and O–H groups in total. The highest BCUT2D eigenvalue weighted by Crippen LogP contribution is 2.18. The van der Waals surface area contributed by atoms with Crippen molar-refractivity contribution < 1.29 is 9.53 Å². The first-order valence-electron chi connectivity index (χ1n) is 10.7. The smallest absolute Gasteiger partial charge is 0.248 e. The molecule has 0 aliphatic rings. The topological polar surface area (TPSA) is 121 Å². The number of nitrogens with two attached hydrogens (primary N) is 1. The van der Waals surface area contributed by atoms with E-state index in [2.05, 4.69) is 32.9 Å². The van der Waals surface area contributed by atoms with Crippen LogP contribution in [-0.2, 0) is 9.53 Å². The molecule has 2 heterocycles. The summed E-state index contributed by atoms with van der Waals surface area (Å²) in [7, 11) is 0. The van der Waals surface area contributed by atoms with Gasteiger partial charge in [-0.1, -0.05) is 6.07 Å². The molecule has 0 fully saturated rings. The SMILES string of the molecule is CCN(CC(C)N(CC)c1ccc(C#N)cn1)C(=O)COC(C)c1cccc(/N=C\N)n1. The normalized spacial score (nSPS) is 12.8. The Kier molecular flexibility index (Phi) is 9.57. The zero-order valence-corrected chi connectivity index (χ0v) is 19.1. The van der Waals surface area contributed by atoms with Crippen LogP contribution in [0.3, 0.4) is 0 Å². The van der Waals surface area contributed by atoms with Gasteiger partial charge in [0.25, 0.3) is 0 Å². The summed E-state index contributed by atoms with van der Waals surface area (Å²) in [5, 5.41) is 8.97. The Labute approximate surface area is 189 Å². The summed E-state index contributed by atoms with van der Waals surface area (Å²) in [6.45, 7) is 9.66. The van der Waals surface area contributed by atoms with Crippen molar-refractivity contribution in [2.45, 2.75) is 39.8 Å². The molecule has 2 aromatic heterocycles. The molecule has 9 heteroatoms. The van der Waals surface area contributed by atoms with Gasteiger partial charge in [0, 0.05) is 31.9 Å². The van der Waals surface area contributed by atoms with Crippen LogP contribution in [0.15, 0.2) is 41.5 Å². The van der Waals surface area contributed by atoms with Crippen molar-refractivity contribution in [2.75, 3.05) is 31.1 Å². The second-order valence-corrected chi connectivity index (χ2v) is 7.24. The lowest BCUT2D eigenvalue weighted by atomic mass is 10.2. The van der Waals surface area contributed by atoms with E-state index in [0.717, 1.165) is 12.4 Å². The monoisotopic (exact) mass is 437 g/mol. The van der Waals surface area contributed by atoms with E-state index in [9.17, 15) is 4.79 Å². The fraction of sp³-hybridized carbons (Fsp3) is 0.435. The van der Waals surface area contributed by atoms with Crippen LogP contribution in [-0.4, -0.2) is 59.4 Å². The lowest BCUT2D eigenvalue weighted by molar-refractivity contribution is -0.138. The number of pyridine rings is 2. The minimum absolute atomic E-state index is 0.0363. The van der Waals surface area contributed by atoms with Crippen LogP contribution in [0.25, 0.3) is 0 Å². The van der Waals surface area contributed by atoms with E-state index in [1.807, 2.05) is 39.0 Å². The first-order chi connectivity index (χ1) is 15.4. The molecule has 0 bridgehead atoms. The Hall–Kier alpha value is -3.51. The van der Waals surface area contributed by atoms with Crippen LogP contribution in [0.5, 0.6) is 0 Å². The summed E-state index contributed by atoms with van der Waals surface area (Å²) >= 11 is 0. The van der Waals surface area contributed by atoms with Crippen LogP contribution < -0.4 is 10.6 Å². The number of nitriles is 1. The predicted molar refractivity (Wildman–Crippen MR) is 125 cm³/mol. The number of anilines is 1. The molecule has 2 unspecified atom stereocenters. The summed E-state index contributed by atoms with van der Waals surface area (Å²) in [5.41, 5.74) is 6.52. The van der Waals surface area contributed by atoms with E-state index in [0.29, 0.717) is 30.2 Å². The lowest BCUT2D eigenvalue weighted by Crippen LogP contribution is -2.46. The molecule has 170 valence electrons. The van der Waals surface area contributed by atoms with Gasteiger partial charge in [0.1, 0.15) is 18.5 Å². The third kappa shape index (κ3) is 6.75. The predicted octanol–water partition coefficient (Wildman–Crippen LogP) is 2.81. The number of carbonyl (C=O) groups excluding carboxylic acids is 1. The highest BCUT2D eigenvalue weighted by molar-refractivity contribution is 5.77. The minimum Gasteiger partial charge on any atom is -0.390 e. The van der Waals surface area contributed by atoms with Gasteiger partial charge < -0.3 is 20.3 Å². The Morgan fingerprint density at radius 2 is 2.06 bits per heavy atom. The first kappa shape index (κ1) is 24.8. The van der Waals surface area contributed by atoms with Gasteiger partial charge in [0.15, 0.2) is 5.82 Å². The zero-order chi connectivity index (χ0) is 23.5. The maximum atomic E-state index is 12.8. The van der Waals surface area contributed by atoms with Gasteiger partial charge in [0.2, 0.25) is 5.91 Å². The Morgan fingerprint density at radius 1 is 1.28 bits per heavy atom. The summed E-state index contributed by atoms with van der Waals surface area (Å²) in [4.78, 5) is 29.4. The second kappa shape index (κ2) is 12.4. The molecule has 32 heavy (non-hydrogen) atoms. The van der Waals surface area contributed by atoms with Crippen molar-refractivity contribution in [3.8, 4) is 6.07 Å². The Balaban J connectivity index is 1.97. The van der Waals surface area contributed by atoms with Crippen LogP contribution in [0.1, 0.15) is 45.1 Å². The number of rotatable bonds is 11. The van der Waals surface area contributed by atoms with E-state index in [-0.39, 0.29) is 24.7 Å². The molecule has 1 amide bonds. The van der Waals surface area contributed by atoms with E-state index in [1.54, 1.807) is 23.2 Å². The molecular weight excluding hydrogens is 406 g/mol. The molecule has 0 aliphatic carbocycles. The van der Waals surface area contributed by atoms with Gasteiger partial charge in [-0.3, -0.25) is 4.79 Å². The van der Waals surface area contributed by atoms with Gasteiger partial charge in [0.05, 0.1) is 23.7 Å². The number of nitrogens with zero attached hydrogens (tertiary/aromatic N) is 6. The van der Waals surface area contributed by atoms with E-state index < -0.39 is 0 Å². The molecule has 2 rings (SSSR count). The second-order valence-electron chi connectivity index (χ2n) is 7.24. The van der Waals surface area contributed by atoms with Crippen LogP contribution in [0.4, 0.5) is 11.6 Å². The van der Waals surface area contributed by atoms with Crippen LogP contribution in [0.2, 0.25) is 0 Å². The van der Waals surface area contributed by atoms with Crippen molar-refractivity contribution in [1.82, 2.24) is 14.9 Å². The zero-order valence-electron chi connectivity index (χ0n) is 19.1. The van der Waals surface area contributed by atoms with E-state index >= 15 is 0 Å². The molecule has 0 saturated carbocycles. The molecule has 0 radical (unpaired) electrons. The Morgan fingerprint density at radius 3 is 2.66 bits per heavy atom. The molecule has 0 aliphatic heterocycles. The third-order valence-corrected chi connectivity index (χ3v) is 5.10. The number of hydrogen-bond acceptors (Lipinski definition) is 7. The van der Waals surface area contributed by atoms with E-state index in [1.165, 1.54) is 6.34 Å². The van der Waals surface area contributed by atoms with Crippen molar-refractivity contribution in [1.29, 1.82) is 5.26 Å². The van der Waals surface area contributed by atoms with Gasteiger partial charge in [-0.15, -0.1) is 0 Å².